The summed E-state index contributed by atoms with van der Waals surface area (Å²) in [6.07, 6.45) is 1.07. The SMILES string of the molecule is CCCOCCN(C)c1ccc(-c2nc3ccccc3s2)cc1.OCCOCCNc1ccc(-c2nc3ccccc3s2)cc1. The molecule has 45 heavy (non-hydrogen) atoms. The van der Waals surface area contributed by atoms with Crippen LogP contribution in [-0.2, 0) is 9.47 Å². The monoisotopic (exact) mass is 640 g/mol. The first-order valence-corrected chi connectivity index (χ1v) is 16.9. The molecule has 0 unspecified atom stereocenters. The van der Waals surface area contributed by atoms with Crippen LogP contribution in [0.1, 0.15) is 13.3 Å². The summed E-state index contributed by atoms with van der Waals surface area (Å²) in [5.41, 5.74) is 6.67. The van der Waals surface area contributed by atoms with Crippen LogP contribution in [0.2, 0.25) is 0 Å². The molecule has 2 aromatic heterocycles. The average Bonchev–Trinajstić information content (AvgIpc) is 3.72. The maximum absolute atomic E-state index is 8.62. The van der Waals surface area contributed by atoms with Gasteiger partial charge in [0, 0.05) is 49.2 Å². The second kappa shape index (κ2) is 17.0. The summed E-state index contributed by atoms with van der Waals surface area (Å²) in [6.45, 7) is 6.40. The largest absolute Gasteiger partial charge is 0.394 e. The minimum absolute atomic E-state index is 0.0663. The molecular formula is C36H40N4O3S2. The van der Waals surface area contributed by atoms with Crippen LogP contribution in [-0.4, -0.2) is 68.2 Å². The van der Waals surface area contributed by atoms with Crippen LogP contribution in [0.5, 0.6) is 0 Å². The van der Waals surface area contributed by atoms with Gasteiger partial charge in [0.05, 0.1) is 46.9 Å². The summed E-state index contributed by atoms with van der Waals surface area (Å²) in [5, 5.41) is 14.0. The second-order valence-electron chi connectivity index (χ2n) is 10.4. The highest BCUT2D eigenvalue weighted by atomic mass is 32.1. The molecule has 0 spiro atoms. The van der Waals surface area contributed by atoms with Gasteiger partial charge in [0.1, 0.15) is 10.0 Å². The summed E-state index contributed by atoms with van der Waals surface area (Å²) in [6, 6.07) is 33.3. The van der Waals surface area contributed by atoms with E-state index in [4.69, 9.17) is 19.6 Å². The van der Waals surface area contributed by atoms with Crippen LogP contribution in [0, 0.1) is 0 Å². The molecule has 0 atom stereocenters. The maximum Gasteiger partial charge on any atom is 0.124 e. The number of rotatable bonds is 14. The van der Waals surface area contributed by atoms with E-state index in [0.717, 1.165) is 65.0 Å². The van der Waals surface area contributed by atoms with Crippen molar-refractivity contribution < 1.29 is 14.6 Å². The van der Waals surface area contributed by atoms with Gasteiger partial charge in [0.15, 0.2) is 0 Å². The van der Waals surface area contributed by atoms with Crippen LogP contribution in [0.15, 0.2) is 97.1 Å². The third kappa shape index (κ3) is 9.32. The Bertz CT molecular complexity index is 1670. The Balaban J connectivity index is 0.000000178. The Morgan fingerprint density at radius 2 is 1.24 bits per heavy atom. The first-order valence-electron chi connectivity index (χ1n) is 15.3. The lowest BCUT2D eigenvalue weighted by atomic mass is 10.2. The molecule has 234 valence electrons. The molecule has 4 aromatic carbocycles. The highest BCUT2D eigenvalue weighted by molar-refractivity contribution is 7.22. The number of nitrogens with one attached hydrogen (secondary N) is 1. The van der Waals surface area contributed by atoms with E-state index < -0.39 is 0 Å². The number of nitrogens with zero attached hydrogens (tertiary/aromatic N) is 3. The second-order valence-corrected chi connectivity index (χ2v) is 12.5. The van der Waals surface area contributed by atoms with Gasteiger partial charge in [0.2, 0.25) is 0 Å². The fourth-order valence-electron chi connectivity index (χ4n) is 4.59. The third-order valence-corrected chi connectivity index (χ3v) is 9.18. The summed E-state index contributed by atoms with van der Waals surface area (Å²) in [5.74, 6) is 0. The van der Waals surface area contributed by atoms with Crippen molar-refractivity contribution in [2.75, 3.05) is 63.4 Å². The Labute approximate surface area is 273 Å². The highest BCUT2D eigenvalue weighted by Crippen LogP contribution is 2.32. The van der Waals surface area contributed by atoms with Crippen molar-refractivity contribution in [2.24, 2.45) is 0 Å². The number of benzene rings is 4. The maximum atomic E-state index is 8.62. The number of hydrogen-bond donors (Lipinski definition) is 2. The van der Waals surface area contributed by atoms with E-state index >= 15 is 0 Å². The molecule has 0 fully saturated rings. The van der Waals surface area contributed by atoms with E-state index in [1.54, 1.807) is 22.7 Å². The molecule has 0 aliphatic rings. The predicted molar refractivity (Wildman–Crippen MR) is 191 cm³/mol. The van der Waals surface area contributed by atoms with Gasteiger partial charge >= 0.3 is 0 Å². The Morgan fingerprint density at radius 1 is 0.689 bits per heavy atom. The molecule has 0 saturated heterocycles. The van der Waals surface area contributed by atoms with Gasteiger partial charge in [-0.2, -0.15) is 0 Å². The Hall–Kier alpha value is -3.86. The minimum atomic E-state index is 0.0663. The van der Waals surface area contributed by atoms with E-state index in [2.05, 4.69) is 89.8 Å². The molecule has 6 rings (SSSR count). The zero-order valence-corrected chi connectivity index (χ0v) is 27.4. The van der Waals surface area contributed by atoms with Crippen molar-refractivity contribution >= 4 is 54.5 Å². The highest BCUT2D eigenvalue weighted by Gasteiger charge is 2.08. The lowest BCUT2D eigenvalue weighted by Gasteiger charge is -2.19. The topological polar surface area (TPSA) is 79.7 Å². The molecule has 0 bridgehead atoms. The molecular weight excluding hydrogens is 601 g/mol. The number of aliphatic hydroxyl groups is 1. The number of para-hydroxylation sites is 2. The van der Waals surface area contributed by atoms with Crippen LogP contribution in [0.4, 0.5) is 11.4 Å². The van der Waals surface area contributed by atoms with Crippen molar-refractivity contribution in [3.63, 3.8) is 0 Å². The molecule has 0 saturated carbocycles. The van der Waals surface area contributed by atoms with E-state index in [-0.39, 0.29) is 6.61 Å². The van der Waals surface area contributed by atoms with Crippen molar-refractivity contribution in [3.8, 4) is 21.1 Å². The summed E-state index contributed by atoms with van der Waals surface area (Å²) in [7, 11) is 2.10. The zero-order chi connectivity index (χ0) is 31.3. The van der Waals surface area contributed by atoms with Gasteiger partial charge in [-0.1, -0.05) is 31.2 Å². The van der Waals surface area contributed by atoms with E-state index in [0.29, 0.717) is 13.2 Å². The van der Waals surface area contributed by atoms with E-state index in [9.17, 15) is 0 Å². The fourth-order valence-corrected chi connectivity index (χ4v) is 6.53. The molecule has 0 aliphatic carbocycles. The number of aliphatic hydroxyl groups excluding tert-OH is 1. The van der Waals surface area contributed by atoms with Crippen LogP contribution in [0.25, 0.3) is 41.6 Å². The van der Waals surface area contributed by atoms with Crippen molar-refractivity contribution in [1.29, 1.82) is 0 Å². The van der Waals surface area contributed by atoms with Crippen LogP contribution < -0.4 is 10.2 Å². The number of thiazole rings is 2. The molecule has 0 radical (unpaired) electrons. The number of likely N-dealkylation sites (N-methyl/N-ethyl adjacent to an activating group) is 1. The van der Waals surface area contributed by atoms with Gasteiger partial charge < -0.3 is 24.8 Å². The quantitative estimate of drug-likeness (QED) is 0.116. The fraction of sp³-hybridized carbons (Fsp3) is 0.278. The molecule has 7 nitrogen and oxygen atoms in total. The molecule has 2 heterocycles. The molecule has 2 N–H and O–H groups in total. The zero-order valence-electron chi connectivity index (χ0n) is 25.8. The number of aromatic nitrogens is 2. The van der Waals surface area contributed by atoms with Crippen molar-refractivity contribution in [2.45, 2.75) is 13.3 Å². The molecule has 0 aliphatic heterocycles. The Morgan fingerprint density at radius 3 is 1.80 bits per heavy atom. The van der Waals surface area contributed by atoms with E-state index in [1.165, 1.54) is 20.7 Å². The number of anilines is 2. The third-order valence-electron chi connectivity index (χ3n) is 7.01. The van der Waals surface area contributed by atoms with Gasteiger partial charge in [-0.3, -0.25) is 0 Å². The first-order chi connectivity index (χ1) is 22.1. The lowest BCUT2D eigenvalue weighted by Crippen LogP contribution is -2.22. The smallest absolute Gasteiger partial charge is 0.124 e. The molecule has 9 heteroatoms. The van der Waals surface area contributed by atoms with Crippen LogP contribution >= 0.6 is 22.7 Å². The predicted octanol–water partition coefficient (Wildman–Crippen LogP) is 8.21. The Kier molecular flexibility index (Phi) is 12.3. The number of ether oxygens (including phenoxy) is 2. The van der Waals surface area contributed by atoms with Gasteiger partial charge in [-0.15, -0.1) is 22.7 Å². The number of hydrogen-bond acceptors (Lipinski definition) is 9. The number of fused-ring (bicyclic) bond motifs is 2. The van der Waals surface area contributed by atoms with Crippen molar-refractivity contribution in [3.05, 3.63) is 97.1 Å². The lowest BCUT2D eigenvalue weighted by molar-refractivity contribution is 0.0992. The summed E-state index contributed by atoms with van der Waals surface area (Å²) < 4.78 is 13.2. The average molecular weight is 641 g/mol. The van der Waals surface area contributed by atoms with Gasteiger partial charge in [-0.25, -0.2) is 9.97 Å². The molecule has 6 aromatic rings. The standard InChI is InChI=1S/C19H22N2OS.C17H18N2O2S/c1-3-13-22-14-12-21(2)16-10-8-15(9-11-16)19-20-17-6-4-5-7-18(17)23-19;20-10-12-21-11-9-18-14-7-5-13(6-8-14)17-19-15-3-1-2-4-16(15)22-17/h4-11H,3,12-14H2,1-2H3;1-8,18,20H,9-12H2. The van der Waals surface area contributed by atoms with Gasteiger partial charge in [0.25, 0.3) is 0 Å². The van der Waals surface area contributed by atoms with Gasteiger partial charge in [-0.05, 0) is 79.2 Å². The summed E-state index contributed by atoms with van der Waals surface area (Å²) >= 11 is 3.45. The minimum Gasteiger partial charge on any atom is -0.394 e. The van der Waals surface area contributed by atoms with Crippen molar-refractivity contribution in [1.82, 2.24) is 9.97 Å². The summed E-state index contributed by atoms with van der Waals surface area (Å²) in [4.78, 5) is 11.6. The first kappa shape index (κ1) is 32.5. The molecule has 0 amide bonds. The van der Waals surface area contributed by atoms with E-state index in [1.807, 2.05) is 36.4 Å². The van der Waals surface area contributed by atoms with Crippen LogP contribution in [0.3, 0.4) is 0 Å². The normalized spacial score (nSPS) is 11.0.